The van der Waals surface area contributed by atoms with Gasteiger partial charge in [-0.3, -0.25) is 0 Å². The number of H-pyrrole nitrogens is 1. The third-order valence-corrected chi connectivity index (χ3v) is 7.31. The van der Waals surface area contributed by atoms with Crippen molar-refractivity contribution < 1.29 is 0 Å². The van der Waals surface area contributed by atoms with Crippen LogP contribution in [-0.4, -0.2) is 9.55 Å². The molecule has 0 fully saturated rings. The largest absolute Gasteiger partial charge is 0.355 e. The highest BCUT2D eigenvalue weighted by Gasteiger charge is 2.14. The summed E-state index contributed by atoms with van der Waals surface area (Å²) in [5, 5.41) is 5.11. The Hall–Kier alpha value is -4.30. The standard InChI is InChI=1S/C33H26N2/c1-21(2)22-8-7-9-25(18-22)35-32-13-6-4-11-27(32)29-20-24(15-17-33(29)35)23-14-16-31-28(19-23)26-10-3-5-12-30(26)34-31/h3-21,34H,1-2H3. The molecule has 35 heavy (non-hydrogen) atoms. The second kappa shape index (κ2) is 7.61. The SMILES string of the molecule is CC(C)c1cccc(-n2c3ccccc3c3cc(-c4ccc5[nH]c6ccccc6c5c4)ccc32)c1. The van der Waals surface area contributed by atoms with Crippen molar-refractivity contribution in [3.8, 4) is 16.8 Å². The van der Waals surface area contributed by atoms with Crippen LogP contribution >= 0.6 is 0 Å². The molecule has 2 aromatic heterocycles. The monoisotopic (exact) mass is 450 g/mol. The Labute approximate surface area is 204 Å². The molecule has 168 valence electrons. The minimum Gasteiger partial charge on any atom is -0.355 e. The van der Waals surface area contributed by atoms with Crippen LogP contribution in [0.4, 0.5) is 0 Å². The molecule has 7 aromatic rings. The van der Waals surface area contributed by atoms with E-state index >= 15 is 0 Å². The van der Waals surface area contributed by atoms with Gasteiger partial charge in [-0.25, -0.2) is 0 Å². The Balaban J connectivity index is 1.46. The molecular weight excluding hydrogens is 424 g/mol. The minimum atomic E-state index is 0.495. The predicted molar refractivity (Wildman–Crippen MR) is 150 cm³/mol. The van der Waals surface area contributed by atoms with E-state index in [0.717, 1.165) is 0 Å². The second-order valence-corrected chi connectivity index (χ2v) is 9.77. The molecule has 7 rings (SSSR count). The molecule has 0 aliphatic carbocycles. The van der Waals surface area contributed by atoms with Crippen LogP contribution in [0.15, 0.2) is 109 Å². The van der Waals surface area contributed by atoms with Crippen molar-refractivity contribution in [2.45, 2.75) is 19.8 Å². The maximum Gasteiger partial charge on any atom is 0.0541 e. The fourth-order valence-corrected chi connectivity index (χ4v) is 5.48. The summed E-state index contributed by atoms with van der Waals surface area (Å²) in [4.78, 5) is 3.54. The number of nitrogens with one attached hydrogen (secondary N) is 1. The molecule has 2 heterocycles. The zero-order chi connectivity index (χ0) is 23.5. The van der Waals surface area contributed by atoms with E-state index in [1.165, 1.54) is 66.0 Å². The zero-order valence-electron chi connectivity index (χ0n) is 19.9. The first-order chi connectivity index (χ1) is 17.2. The number of benzene rings is 5. The van der Waals surface area contributed by atoms with E-state index < -0.39 is 0 Å². The number of fused-ring (bicyclic) bond motifs is 6. The lowest BCUT2D eigenvalue weighted by Gasteiger charge is -2.12. The quantitative estimate of drug-likeness (QED) is 0.277. The molecule has 0 saturated heterocycles. The number of rotatable bonds is 3. The first kappa shape index (κ1) is 20.1. The van der Waals surface area contributed by atoms with Crippen LogP contribution in [-0.2, 0) is 0 Å². The van der Waals surface area contributed by atoms with Gasteiger partial charge in [-0.05, 0) is 71.1 Å². The first-order valence-electron chi connectivity index (χ1n) is 12.3. The zero-order valence-corrected chi connectivity index (χ0v) is 19.9. The van der Waals surface area contributed by atoms with E-state index in [4.69, 9.17) is 0 Å². The fraction of sp³-hybridized carbons (Fsp3) is 0.0909. The smallest absolute Gasteiger partial charge is 0.0541 e. The van der Waals surface area contributed by atoms with Gasteiger partial charge in [0, 0.05) is 38.3 Å². The molecule has 0 amide bonds. The van der Waals surface area contributed by atoms with Crippen molar-refractivity contribution in [1.29, 1.82) is 0 Å². The number of hydrogen-bond acceptors (Lipinski definition) is 0. The fourth-order valence-electron chi connectivity index (χ4n) is 5.48. The molecule has 0 radical (unpaired) electrons. The lowest BCUT2D eigenvalue weighted by atomic mass is 10.0. The summed E-state index contributed by atoms with van der Waals surface area (Å²) >= 11 is 0. The molecule has 0 saturated carbocycles. The number of hydrogen-bond donors (Lipinski definition) is 1. The Kier molecular flexibility index (Phi) is 4.37. The van der Waals surface area contributed by atoms with E-state index in [2.05, 4.69) is 133 Å². The van der Waals surface area contributed by atoms with Crippen molar-refractivity contribution in [3.63, 3.8) is 0 Å². The summed E-state index contributed by atoms with van der Waals surface area (Å²) in [5.41, 5.74) is 9.90. The molecule has 0 unspecified atom stereocenters. The van der Waals surface area contributed by atoms with Crippen molar-refractivity contribution in [2.24, 2.45) is 0 Å². The van der Waals surface area contributed by atoms with Crippen molar-refractivity contribution in [1.82, 2.24) is 9.55 Å². The summed E-state index contributed by atoms with van der Waals surface area (Å²) in [6.45, 7) is 4.50. The predicted octanol–water partition coefficient (Wildman–Crippen LogP) is 9.21. The minimum absolute atomic E-state index is 0.495. The molecule has 2 nitrogen and oxygen atoms in total. The van der Waals surface area contributed by atoms with Crippen LogP contribution in [0.1, 0.15) is 25.3 Å². The summed E-state index contributed by atoms with van der Waals surface area (Å²) in [5.74, 6) is 0.495. The van der Waals surface area contributed by atoms with Gasteiger partial charge in [-0.15, -0.1) is 0 Å². The van der Waals surface area contributed by atoms with Crippen LogP contribution in [0.2, 0.25) is 0 Å². The Morgan fingerprint density at radius 1 is 0.543 bits per heavy atom. The Bertz CT molecular complexity index is 1880. The van der Waals surface area contributed by atoms with Crippen LogP contribution in [0.5, 0.6) is 0 Å². The molecular formula is C33H26N2. The first-order valence-corrected chi connectivity index (χ1v) is 12.3. The van der Waals surface area contributed by atoms with Crippen LogP contribution < -0.4 is 0 Å². The van der Waals surface area contributed by atoms with Gasteiger partial charge < -0.3 is 9.55 Å². The second-order valence-electron chi connectivity index (χ2n) is 9.77. The van der Waals surface area contributed by atoms with E-state index in [-0.39, 0.29) is 0 Å². The molecule has 0 bridgehead atoms. The number of aromatic amines is 1. The van der Waals surface area contributed by atoms with Gasteiger partial charge in [0.1, 0.15) is 0 Å². The molecule has 5 aromatic carbocycles. The molecule has 1 N–H and O–H groups in total. The average Bonchev–Trinajstić information content (AvgIpc) is 3.43. The van der Waals surface area contributed by atoms with Gasteiger partial charge >= 0.3 is 0 Å². The number of nitrogens with zero attached hydrogens (tertiary/aromatic N) is 1. The van der Waals surface area contributed by atoms with Gasteiger partial charge in [0.15, 0.2) is 0 Å². The molecule has 2 heteroatoms. The van der Waals surface area contributed by atoms with Crippen molar-refractivity contribution >= 4 is 43.6 Å². The van der Waals surface area contributed by atoms with Crippen molar-refractivity contribution in [2.75, 3.05) is 0 Å². The summed E-state index contributed by atoms with van der Waals surface area (Å²) in [7, 11) is 0. The number of para-hydroxylation sites is 2. The van der Waals surface area contributed by atoms with Crippen molar-refractivity contribution in [3.05, 3.63) is 115 Å². The summed E-state index contributed by atoms with van der Waals surface area (Å²) in [6.07, 6.45) is 0. The lowest BCUT2D eigenvalue weighted by molar-refractivity contribution is 0.864. The normalized spacial score (nSPS) is 12.0. The van der Waals surface area contributed by atoms with E-state index in [1.807, 2.05) is 0 Å². The molecule has 0 aliphatic heterocycles. The van der Waals surface area contributed by atoms with Crippen LogP contribution in [0.3, 0.4) is 0 Å². The van der Waals surface area contributed by atoms with E-state index in [0.29, 0.717) is 5.92 Å². The summed E-state index contributed by atoms with van der Waals surface area (Å²) < 4.78 is 2.41. The third kappa shape index (κ3) is 3.10. The maximum absolute atomic E-state index is 3.54. The molecule has 0 atom stereocenters. The highest BCUT2D eigenvalue weighted by atomic mass is 15.0. The van der Waals surface area contributed by atoms with Gasteiger partial charge in [0.2, 0.25) is 0 Å². The van der Waals surface area contributed by atoms with Gasteiger partial charge in [0.25, 0.3) is 0 Å². The van der Waals surface area contributed by atoms with Crippen LogP contribution in [0, 0.1) is 0 Å². The summed E-state index contributed by atoms with van der Waals surface area (Å²) in [6, 6.07) is 39.9. The van der Waals surface area contributed by atoms with Crippen LogP contribution in [0.25, 0.3) is 60.4 Å². The lowest BCUT2D eigenvalue weighted by Crippen LogP contribution is -1.96. The van der Waals surface area contributed by atoms with E-state index in [1.54, 1.807) is 0 Å². The average molecular weight is 451 g/mol. The van der Waals surface area contributed by atoms with E-state index in [9.17, 15) is 0 Å². The van der Waals surface area contributed by atoms with Gasteiger partial charge in [0.05, 0.1) is 11.0 Å². The highest BCUT2D eigenvalue weighted by molar-refractivity contribution is 6.11. The third-order valence-electron chi connectivity index (χ3n) is 7.31. The van der Waals surface area contributed by atoms with Gasteiger partial charge in [-0.1, -0.05) is 74.5 Å². The Morgan fingerprint density at radius 3 is 2.09 bits per heavy atom. The Morgan fingerprint density at radius 2 is 1.23 bits per heavy atom. The molecule has 0 aliphatic rings. The molecule has 0 spiro atoms. The highest BCUT2D eigenvalue weighted by Crippen LogP contribution is 2.36. The topological polar surface area (TPSA) is 20.7 Å². The number of aromatic nitrogens is 2. The maximum atomic E-state index is 3.54. The van der Waals surface area contributed by atoms with Gasteiger partial charge in [-0.2, -0.15) is 0 Å².